The normalized spacial score (nSPS) is 16.8. The van der Waals surface area contributed by atoms with E-state index in [9.17, 15) is 19.1 Å². The van der Waals surface area contributed by atoms with Gasteiger partial charge >= 0.3 is 5.97 Å². The average Bonchev–Trinajstić information content (AvgIpc) is 2.46. The van der Waals surface area contributed by atoms with Crippen molar-refractivity contribution in [2.45, 2.75) is 31.6 Å². The van der Waals surface area contributed by atoms with Gasteiger partial charge in [0, 0.05) is 25.1 Å². The number of likely N-dealkylation sites (tertiary alicyclic amines) is 1. The maximum absolute atomic E-state index is 13.7. The van der Waals surface area contributed by atoms with E-state index in [0.29, 0.717) is 13.1 Å². The summed E-state index contributed by atoms with van der Waals surface area (Å²) in [7, 11) is 0. The summed E-state index contributed by atoms with van der Waals surface area (Å²) in [6, 6.07) is 5.73. The molecule has 1 fully saturated rings. The summed E-state index contributed by atoms with van der Waals surface area (Å²) in [4.78, 5) is 25.2. The predicted octanol–water partition coefficient (Wildman–Crippen LogP) is 2.40. The van der Waals surface area contributed by atoms with Crippen LogP contribution in [-0.4, -0.2) is 35.0 Å². The van der Waals surface area contributed by atoms with Crippen molar-refractivity contribution in [2.24, 2.45) is 0 Å². The Morgan fingerprint density at radius 3 is 2.45 bits per heavy atom. The molecule has 1 heterocycles. The molecule has 5 heteroatoms. The van der Waals surface area contributed by atoms with Gasteiger partial charge in [0.2, 0.25) is 5.91 Å². The molecule has 0 saturated carbocycles. The lowest BCUT2D eigenvalue weighted by molar-refractivity contribution is -0.143. The first-order valence-electron chi connectivity index (χ1n) is 6.84. The second-order valence-corrected chi connectivity index (χ2v) is 5.06. The summed E-state index contributed by atoms with van der Waals surface area (Å²) in [5, 5.41) is 9.26. The maximum atomic E-state index is 13.7. The van der Waals surface area contributed by atoms with Crippen LogP contribution in [-0.2, 0) is 9.59 Å². The first kappa shape index (κ1) is 14.5. The molecule has 0 spiro atoms. The number of piperidine rings is 1. The molecule has 1 aliphatic rings. The summed E-state index contributed by atoms with van der Waals surface area (Å²) in [5.74, 6) is -3.07. The van der Waals surface area contributed by atoms with Crippen molar-refractivity contribution in [3.8, 4) is 0 Å². The number of nitrogens with zero attached hydrogens (tertiary/aromatic N) is 1. The van der Waals surface area contributed by atoms with Crippen molar-refractivity contribution >= 4 is 11.9 Å². The van der Waals surface area contributed by atoms with E-state index in [1.54, 1.807) is 11.0 Å². The first-order chi connectivity index (χ1) is 9.59. The molecule has 1 N–H and O–H groups in total. The fourth-order valence-corrected chi connectivity index (χ4v) is 2.54. The van der Waals surface area contributed by atoms with E-state index < -0.39 is 17.7 Å². The molecule has 1 atom stereocenters. The summed E-state index contributed by atoms with van der Waals surface area (Å²) >= 11 is 0. The van der Waals surface area contributed by atoms with E-state index in [-0.39, 0.29) is 17.9 Å². The third-order valence-electron chi connectivity index (χ3n) is 3.67. The minimum atomic E-state index is -1.17. The zero-order chi connectivity index (χ0) is 14.5. The molecule has 0 aliphatic carbocycles. The molecule has 1 unspecified atom stereocenters. The Hall–Kier alpha value is -1.91. The van der Waals surface area contributed by atoms with Gasteiger partial charge in [0.1, 0.15) is 5.82 Å². The van der Waals surface area contributed by atoms with Gasteiger partial charge in [-0.3, -0.25) is 9.59 Å². The molecule has 0 radical (unpaired) electrons. The van der Waals surface area contributed by atoms with Gasteiger partial charge in [-0.2, -0.15) is 0 Å². The van der Waals surface area contributed by atoms with E-state index in [2.05, 4.69) is 0 Å². The summed E-state index contributed by atoms with van der Waals surface area (Å²) in [6.07, 6.45) is 2.81. The highest BCUT2D eigenvalue weighted by molar-refractivity contribution is 5.85. The standard InChI is InChI=1S/C15H18FNO3/c16-13-7-3-2-6-11(13)12(15(19)20)10-14(18)17-8-4-1-5-9-17/h2-3,6-7,12H,1,4-5,8-10H2,(H,19,20). The van der Waals surface area contributed by atoms with Crippen molar-refractivity contribution in [1.29, 1.82) is 0 Å². The zero-order valence-corrected chi connectivity index (χ0v) is 11.2. The number of carbonyl (C=O) groups is 2. The monoisotopic (exact) mass is 279 g/mol. The number of amides is 1. The lowest BCUT2D eigenvalue weighted by Crippen LogP contribution is -2.37. The molecule has 0 aromatic heterocycles. The number of hydrogen-bond acceptors (Lipinski definition) is 2. The molecular weight excluding hydrogens is 261 g/mol. The Kier molecular flexibility index (Phi) is 4.71. The molecule has 1 aromatic carbocycles. The SMILES string of the molecule is O=C(O)C(CC(=O)N1CCCCC1)c1ccccc1F. The van der Waals surface area contributed by atoms with E-state index in [4.69, 9.17) is 0 Å². The average molecular weight is 279 g/mol. The number of carbonyl (C=O) groups excluding carboxylic acids is 1. The van der Waals surface area contributed by atoms with Crippen molar-refractivity contribution in [2.75, 3.05) is 13.1 Å². The summed E-state index contributed by atoms with van der Waals surface area (Å²) < 4.78 is 13.7. The largest absolute Gasteiger partial charge is 0.481 e. The Morgan fingerprint density at radius 1 is 1.20 bits per heavy atom. The Morgan fingerprint density at radius 2 is 1.85 bits per heavy atom. The third-order valence-corrected chi connectivity index (χ3v) is 3.67. The van der Waals surface area contributed by atoms with E-state index in [0.717, 1.165) is 19.3 Å². The third kappa shape index (κ3) is 3.35. The van der Waals surface area contributed by atoms with Gasteiger partial charge in [-0.25, -0.2) is 4.39 Å². The van der Waals surface area contributed by atoms with Crippen LogP contribution in [0, 0.1) is 5.82 Å². The van der Waals surface area contributed by atoms with Crippen LogP contribution in [0.15, 0.2) is 24.3 Å². The van der Waals surface area contributed by atoms with Crippen molar-refractivity contribution in [3.05, 3.63) is 35.6 Å². The van der Waals surface area contributed by atoms with Gasteiger partial charge in [0.25, 0.3) is 0 Å². The number of rotatable bonds is 4. The fourth-order valence-electron chi connectivity index (χ4n) is 2.54. The minimum Gasteiger partial charge on any atom is -0.481 e. The van der Waals surface area contributed by atoms with Gasteiger partial charge in [-0.1, -0.05) is 18.2 Å². The van der Waals surface area contributed by atoms with Gasteiger partial charge in [-0.15, -0.1) is 0 Å². The molecule has 1 saturated heterocycles. The van der Waals surface area contributed by atoms with Crippen LogP contribution in [0.1, 0.15) is 37.2 Å². The van der Waals surface area contributed by atoms with E-state index >= 15 is 0 Å². The highest BCUT2D eigenvalue weighted by Crippen LogP contribution is 2.24. The van der Waals surface area contributed by atoms with Crippen LogP contribution in [0.4, 0.5) is 4.39 Å². The lowest BCUT2D eigenvalue weighted by Gasteiger charge is -2.27. The van der Waals surface area contributed by atoms with Crippen LogP contribution in [0.2, 0.25) is 0 Å². The second-order valence-electron chi connectivity index (χ2n) is 5.06. The molecule has 1 aromatic rings. The molecule has 1 amide bonds. The predicted molar refractivity (Wildman–Crippen MR) is 71.8 cm³/mol. The highest BCUT2D eigenvalue weighted by atomic mass is 19.1. The molecule has 0 bridgehead atoms. The Labute approximate surface area is 117 Å². The zero-order valence-electron chi connectivity index (χ0n) is 11.2. The second kappa shape index (κ2) is 6.50. The smallest absolute Gasteiger partial charge is 0.311 e. The van der Waals surface area contributed by atoms with Crippen molar-refractivity contribution in [3.63, 3.8) is 0 Å². The van der Waals surface area contributed by atoms with Gasteiger partial charge in [-0.05, 0) is 25.3 Å². The quantitative estimate of drug-likeness (QED) is 0.920. The number of halogens is 1. The fraction of sp³-hybridized carbons (Fsp3) is 0.467. The maximum Gasteiger partial charge on any atom is 0.311 e. The summed E-state index contributed by atoms with van der Waals surface area (Å²) in [5.41, 5.74) is 0.0744. The van der Waals surface area contributed by atoms with Crippen LogP contribution in [0.25, 0.3) is 0 Å². The number of aliphatic carboxylic acids is 1. The van der Waals surface area contributed by atoms with Crippen molar-refractivity contribution < 1.29 is 19.1 Å². The summed E-state index contributed by atoms with van der Waals surface area (Å²) in [6.45, 7) is 1.34. The Bertz CT molecular complexity index is 498. The molecule has 4 nitrogen and oxygen atoms in total. The number of carboxylic acids is 1. The van der Waals surface area contributed by atoms with Crippen LogP contribution in [0.5, 0.6) is 0 Å². The van der Waals surface area contributed by atoms with E-state index in [1.165, 1.54) is 18.2 Å². The minimum absolute atomic E-state index is 0.0744. The van der Waals surface area contributed by atoms with E-state index in [1.807, 2.05) is 0 Å². The number of hydrogen-bond donors (Lipinski definition) is 1. The van der Waals surface area contributed by atoms with Crippen LogP contribution in [0.3, 0.4) is 0 Å². The molecule has 1 aliphatic heterocycles. The topological polar surface area (TPSA) is 57.6 Å². The van der Waals surface area contributed by atoms with Gasteiger partial charge in [0.15, 0.2) is 0 Å². The first-order valence-corrected chi connectivity index (χ1v) is 6.84. The van der Waals surface area contributed by atoms with Gasteiger partial charge < -0.3 is 10.0 Å². The van der Waals surface area contributed by atoms with Gasteiger partial charge in [0.05, 0.1) is 5.92 Å². The number of carboxylic acid groups (broad SMARTS) is 1. The van der Waals surface area contributed by atoms with Crippen LogP contribution < -0.4 is 0 Å². The Balaban J connectivity index is 2.12. The molecule has 108 valence electrons. The lowest BCUT2D eigenvalue weighted by atomic mass is 9.94. The molecule has 2 rings (SSSR count). The molecular formula is C15H18FNO3. The van der Waals surface area contributed by atoms with Crippen LogP contribution >= 0.6 is 0 Å². The van der Waals surface area contributed by atoms with Crippen molar-refractivity contribution in [1.82, 2.24) is 4.90 Å². The highest BCUT2D eigenvalue weighted by Gasteiger charge is 2.28. The molecule has 20 heavy (non-hydrogen) atoms. The number of benzene rings is 1.